The Balaban J connectivity index is 1.52. The lowest BCUT2D eigenvalue weighted by Gasteiger charge is -2.23. The van der Waals surface area contributed by atoms with Crippen molar-refractivity contribution in [3.63, 3.8) is 0 Å². The first-order valence-corrected chi connectivity index (χ1v) is 14.7. The van der Waals surface area contributed by atoms with Crippen molar-refractivity contribution in [3.05, 3.63) is 131 Å². The summed E-state index contributed by atoms with van der Waals surface area (Å²) in [6.07, 6.45) is 1.66. The first-order chi connectivity index (χ1) is 20.5. The molecule has 0 fully saturated rings. The molecule has 0 spiro atoms. The smallest absolute Gasteiger partial charge is 0.240 e. The average Bonchev–Trinajstić information content (AvgIpc) is 3.34. The number of thioether (sulfide) groups is 1. The molecule has 2 amide bonds. The Bertz CT molecular complexity index is 1730. The largest absolute Gasteiger partial charge is 0.349 e. The van der Waals surface area contributed by atoms with Gasteiger partial charge in [-0.15, -0.1) is 11.8 Å². The van der Waals surface area contributed by atoms with E-state index in [1.807, 2.05) is 66.7 Å². The van der Waals surface area contributed by atoms with Gasteiger partial charge in [0, 0.05) is 22.3 Å². The van der Waals surface area contributed by atoms with Crippen molar-refractivity contribution in [2.24, 2.45) is 0 Å². The summed E-state index contributed by atoms with van der Waals surface area (Å²) in [4.78, 5) is 32.8. The van der Waals surface area contributed by atoms with Crippen molar-refractivity contribution in [2.45, 2.75) is 11.8 Å². The number of nitrogens with zero attached hydrogens (tertiary/aromatic N) is 4. The molecule has 5 aromatic rings. The van der Waals surface area contributed by atoms with Crippen LogP contribution in [0.4, 0.5) is 10.2 Å². The van der Waals surface area contributed by atoms with Crippen LogP contribution in [0.2, 0.25) is 5.02 Å². The number of fused-ring (bicyclic) bond motifs is 1. The van der Waals surface area contributed by atoms with Crippen LogP contribution in [-0.2, 0) is 16.1 Å². The maximum atomic E-state index is 14.0. The number of carbonyl (C=O) groups is 2. The van der Waals surface area contributed by atoms with Crippen LogP contribution >= 0.6 is 23.4 Å². The molecule has 0 radical (unpaired) electrons. The van der Waals surface area contributed by atoms with Crippen LogP contribution in [0.1, 0.15) is 22.1 Å². The van der Waals surface area contributed by atoms with E-state index < -0.39 is 5.82 Å². The third-order valence-electron chi connectivity index (χ3n) is 6.89. The first kappa shape index (κ1) is 27.7. The molecule has 3 heterocycles. The lowest BCUT2D eigenvalue weighted by atomic mass is 9.99. The zero-order valence-corrected chi connectivity index (χ0v) is 23.9. The number of pyridine rings is 1. The maximum Gasteiger partial charge on any atom is 0.240 e. The number of amides is 2. The fraction of sp³-hybridized carbons (Fsp3) is 0.125. The van der Waals surface area contributed by atoms with Gasteiger partial charge in [-0.05, 0) is 48.0 Å². The van der Waals surface area contributed by atoms with E-state index in [1.165, 1.54) is 28.8 Å². The molecule has 10 heteroatoms. The number of anilines is 1. The van der Waals surface area contributed by atoms with Crippen molar-refractivity contribution in [1.29, 1.82) is 0 Å². The molecule has 2 aromatic heterocycles. The van der Waals surface area contributed by atoms with E-state index in [-0.39, 0.29) is 35.9 Å². The summed E-state index contributed by atoms with van der Waals surface area (Å²) in [7, 11) is 0. The molecule has 1 atom stereocenters. The standard InChI is InChI=1S/C32H25ClFN5O2S/c33-26-12-5-4-11-25(26)31-29-30(21-8-2-1-3-9-21)37-39(24-15-13-22(34)14-16-24)32(29)38(28(41)20-42-31)19-27(40)36-18-23-10-6-7-17-35-23/h1-17,31H,18-20H2,(H,36,40)/t31-/m1/s1. The second-order valence-electron chi connectivity index (χ2n) is 9.63. The molecule has 1 N–H and O–H groups in total. The maximum absolute atomic E-state index is 14.0. The molecular weight excluding hydrogens is 573 g/mol. The molecule has 3 aromatic carbocycles. The van der Waals surface area contributed by atoms with E-state index in [2.05, 4.69) is 10.3 Å². The van der Waals surface area contributed by atoms with Gasteiger partial charge >= 0.3 is 0 Å². The Labute approximate surface area is 251 Å². The Morgan fingerprint density at radius 1 is 0.976 bits per heavy atom. The highest BCUT2D eigenvalue weighted by atomic mass is 35.5. The SMILES string of the molecule is O=C(CN1C(=O)CS[C@H](c2ccccc2Cl)c2c(-c3ccccc3)nn(-c3ccc(F)cc3)c21)NCc1ccccn1. The van der Waals surface area contributed by atoms with Gasteiger partial charge in [-0.3, -0.25) is 19.5 Å². The van der Waals surface area contributed by atoms with Gasteiger partial charge in [-0.25, -0.2) is 9.07 Å². The Morgan fingerprint density at radius 2 is 1.71 bits per heavy atom. The van der Waals surface area contributed by atoms with Gasteiger partial charge in [0.2, 0.25) is 11.8 Å². The van der Waals surface area contributed by atoms with Crippen molar-refractivity contribution in [2.75, 3.05) is 17.2 Å². The Kier molecular flexibility index (Phi) is 8.03. The van der Waals surface area contributed by atoms with E-state index in [1.54, 1.807) is 29.1 Å². The molecule has 0 bridgehead atoms. The quantitative estimate of drug-likeness (QED) is 0.241. The molecule has 1 aliphatic heterocycles. The minimum absolute atomic E-state index is 0.107. The second kappa shape index (κ2) is 12.2. The lowest BCUT2D eigenvalue weighted by molar-refractivity contribution is -0.123. The van der Waals surface area contributed by atoms with E-state index in [0.29, 0.717) is 27.9 Å². The van der Waals surface area contributed by atoms with E-state index in [0.717, 1.165) is 16.7 Å². The lowest BCUT2D eigenvalue weighted by Crippen LogP contribution is -2.42. The third kappa shape index (κ3) is 5.66. The molecule has 0 saturated heterocycles. The zero-order chi connectivity index (χ0) is 29.1. The van der Waals surface area contributed by atoms with E-state index in [4.69, 9.17) is 16.7 Å². The number of aromatic nitrogens is 3. The van der Waals surface area contributed by atoms with Gasteiger partial charge in [0.15, 0.2) is 0 Å². The van der Waals surface area contributed by atoms with Crippen molar-refractivity contribution in [3.8, 4) is 16.9 Å². The number of nitrogens with one attached hydrogen (secondary N) is 1. The molecule has 0 aliphatic carbocycles. The Morgan fingerprint density at radius 3 is 2.45 bits per heavy atom. The summed E-state index contributed by atoms with van der Waals surface area (Å²) in [5.41, 5.74) is 4.29. The highest BCUT2D eigenvalue weighted by Gasteiger charge is 2.38. The Hall–Kier alpha value is -4.47. The van der Waals surface area contributed by atoms with Crippen LogP contribution < -0.4 is 10.2 Å². The highest BCUT2D eigenvalue weighted by Crippen LogP contribution is 2.49. The monoisotopic (exact) mass is 597 g/mol. The summed E-state index contributed by atoms with van der Waals surface area (Å²) in [5.74, 6) is -0.462. The van der Waals surface area contributed by atoms with Crippen LogP contribution in [0.25, 0.3) is 16.9 Å². The predicted octanol–water partition coefficient (Wildman–Crippen LogP) is 6.21. The number of hydrogen-bond donors (Lipinski definition) is 1. The van der Waals surface area contributed by atoms with Crippen LogP contribution in [0.5, 0.6) is 0 Å². The molecular formula is C32H25ClFN5O2S. The molecule has 210 valence electrons. The normalized spacial score (nSPS) is 14.8. The molecule has 0 unspecified atom stereocenters. The zero-order valence-electron chi connectivity index (χ0n) is 22.3. The third-order valence-corrected chi connectivity index (χ3v) is 8.47. The summed E-state index contributed by atoms with van der Waals surface area (Å²) >= 11 is 8.15. The average molecular weight is 598 g/mol. The van der Waals surface area contributed by atoms with E-state index >= 15 is 0 Å². The van der Waals surface area contributed by atoms with Crippen molar-refractivity contribution in [1.82, 2.24) is 20.1 Å². The number of carbonyl (C=O) groups excluding carboxylic acids is 2. The van der Waals surface area contributed by atoms with Gasteiger partial charge in [0.25, 0.3) is 0 Å². The number of benzene rings is 3. The van der Waals surface area contributed by atoms with Gasteiger partial charge in [-0.1, -0.05) is 66.2 Å². The summed E-state index contributed by atoms with van der Waals surface area (Å²) in [6.45, 7) is -0.0202. The van der Waals surface area contributed by atoms with E-state index in [9.17, 15) is 14.0 Å². The number of hydrogen-bond acceptors (Lipinski definition) is 5. The van der Waals surface area contributed by atoms with Crippen LogP contribution in [-0.4, -0.2) is 38.9 Å². The van der Waals surface area contributed by atoms with Crippen molar-refractivity contribution >= 4 is 41.0 Å². The fourth-order valence-corrected chi connectivity index (χ4v) is 6.46. The molecule has 1 aliphatic rings. The molecule has 42 heavy (non-hydrogen) atoms. The molecule has 6 rings (SSSR count). The summed E-state index contributed by atoms with van der Waals surface area (Å²) in [5, 5.41) is 8.06. The van der Waals surface area contributed by atoms with Gasteiger partial charge in [-0.2, -0.15) is 5.10 Å². The minimum Gasteiger partial charge on any atom is -0.349 e. The minimum atomic E-state index is -0.397. The predicted molar refractivity (Wildman–Crippen MR) is 163 cm³/mol. The van der Waals surface area contributed by atoms with Crippen LogP contribution in [0.3, 0.4) is 0 Å². The fourth-order valence-electron chi connectivity index (χ4n) is 4.92. The molecule has 7 nitrogen and oxygen atoms in total. The summed E-state index contributed by atoms with van der Waals surface area (Å²) < 4.78 is 15.6. The summed E-state index contributed by atoms with van der Waals surface area (Å²) in [6, 6.07) is 28.5. The highest BCUT2D eigenvalue weighted by molar-refractivity contribution is 8.00. The topological polar surface area (TPSA) is 80.1 Å². The second-order valence-corrected chi connectivity index (χ2v) is 11.1. The van der Waals surface area contributed by atoms with Crippen LogP contribution in [0.15, 0.2) is 103 Å². The van der Waals surface area contributed by atoms with Crippen molar-refractivity contribution < 1.29 is 14.0 Å². The number of halogens is 2. The van der Waals surface area contributed by atoms with Crippen LogP contribution in [0, 0.1) is 5.82 Å². The van der Waals surface area contributed by atoms with Gasteiger partial charge < -0.3 is 5.32 Å². The van der Waals surface area contributed by atoms with Gasteiger partial charge in [0.05, 0.1) is 34.6 Å². The first-order valence-electron chi connectivity index (χ1n) is 13.3. The molecule has 0 saturated carbocycles. The van der Waals surface area contributed by atoms with Gasteiger partial charge in [0.1, 0.15) is 18.2 Å². The number of rotatable bonds is 7.